The molecular weight excluding hydrogens is 448 g/mol. The van der Waals surface area contributed by atoms with E-state index in [1.54, 1.807) is 12.5 Å². The number of nitrogens with zero attached hydrogens (tertiary/aromatic N) is 3. The van der Waals surface area contributed by atoms with Crippen molar-refractivity contribution in [2.24, 2.45) is 0 Å². The summed E-state index contributed by atoms with van der Waals surface area (Å²) in [7, 11) is 0. The van der Waals surface area contributed by atoms with Crippen molar-refractivity contribution < 1.29 is 9.47 Å². The lowest BCUT2D eigenvalue weighted by Gasteiger charge is -2.33. The molecule has 4 rings (SSSR count). The molecule has 0 bridgehead atoms. The molecule has 7 nitrogen and oxygen atoms in total. The van der Waals surface area contributed by atoms with Crippen LogP contribution in [0.3, 0.4) is 0 Å². The molecule has 1 N–H and O–H groups in total. The molecule has 0 radical (unpaired) electrons. The number of aromatic nitrogens is 3. The van der Waals surface area contributed by atoms with Crippen LogP contribution in [-0.2, 0) is 6.54 Å². The van der Waals surface area contributed by atoms with Crippen LogP contribution in [0.5, 0.6) is 11.5 Å². The third kappa shape index (κ3) is 4.25. The zero-order valence-corrected chi connectivity index (χ0v) is 18.9. The number of ether oxygens (including phenoxy) is 2. The molecule has 0 amide bonds. The van der Waals surface area contributed by atoms with Gasteiger partial charge in [-0.25, -0.2) is 4.98 Å². The Labute approximate surface area is 184 Å². The van der Waals surface area contributed by atoms with E-state index < -0.39 is 0 Å². The molecule has 30 heavy (non-hydrogen) atoms. The smallest absolute Gasteiger partial charge is 0.276 e. The molecule has 8 heteroatoms. The fourth-order valence-electron chi connectivity index (χ4n) is 4.12. The molecule has 0 aliphatic carbocycles. The van der Waals surface area contributed by atoms with Gasteiger partial charge in [-0.3, -0.25) is 9.69 Å². The molecule has 160 valence electrons. The minimum Gasteiger partial charge on any atom is -0.493 e. The highest BCUT2D eigenvalue weighted by molar-refractivity contribution is 9.10. The second-order valence-corrected chi connectivity index (χ2v) is 8.26. The molecule has 0 saturated carbocycles. The molecule has 0 spiro atoms. The summed E-state index contributed by atoms with van der Waals surface area (Å²) in [4.78, 5) is 21.4. The van der Waals surface area contributed by atoms with Gasteiger partial charge in [0.1, 0.15) is 16.0 Å². The van der Waals surface area contributed by atoms with Gasteiger partial charge in [-0.05, 0) is 66.4 Å². The van der Waals surface area contributed by atoms with Crippen molar-refractivity contribution in [1.82, 2.24) is 19.4 Å². The number of hydrogen-bond donors (Lipinski definition) is 1. The van der Waals surface area contributed by atoms with E-state index in [2.05, 4.69) is 47.5 Å². The predicted octanol–water partition coefficient (Wildman–Crippen LogP) is 4.12. The largest absolute Gasteiger partial charge is 0.493 e. The van der Waals surface area contributed by atoms with Crippen molar-refractivity contribution in [3.8, 4) is 11.5 Å². The lowest BCUT2D eigenvalue weighted by Crippen LogP contribution is -2.34. The van der Waals surface area contributed by atoms with Crippen LogP contribution in [0.25, 0.3) is 11.0 Å². The van der Waals surface area contributed by atoms with Crippen LogP contribution < -0.4 is 15.0 Å². The monoisotopic (exact) mass is 474 g/mol. The van der Waals surface area contributed by atoms with Gasteiger partial charge in [0.2, 0.25) is 0 Å². The predicted molar refractivity (Wildman–Crippen MR) is 120 cm³/mol. The van der Waals surface area contributed by atoms with Gasteiger partial charge in [-0.1, -0.05) is 0 Å². The number of benzene rings is 1. The average Bonchev–Trinajstić information content (AvgIpc) is 3.18. The van der Waals surface area contributed by atoms with Gasteiger partial charge in [-0.2, -0.15) is 0 Å². The fourth-order valence-corrected chi connectivity index (χ4v) is 4.58. The zero-order valence-electron chi connectivity index (χ0n) is 17.4. The van der Waals surface area contributed by atoms with Crippen LogP contribution in [0.2, 0.25) is 0 Å². The summed E-state index contributed by atoms with van der Waals surface area (Å²) in [5, 5.41) is 0. The Hall–Kier alpha value is -2.32. The van der Waals surface area contributed by atoms with E-state index in [9.17, 15) is 4.79 Å². The number of pyridine rings is 1. The molecule has 1 aromatic carbocycles. The summed E-state index contributed by atoms with van der Waals surface area (Å²) in [5.41, 5.74) is 2.48. The molecule has 1 aliphatic rings. The highest BCUT2D eigenvalue weighted by Gasteiger charge is 2.23. The molecule has 0 atom stereocenters. The van der Waals surface area contributed by atoms with E-state index in [0.29, 0.717) is 24.8 Å². The second kappa shape index (κ2) is 9.22. The Balaban J connectivity index is 1.46. The Bertz CT molecular complexity index is 1040. The van der Waals surface area contributed by atoms with Crippen molar-refractivity contribution in [3.05, 3.63) is 51.1 Å². The number of fused-ring (bicyclic) bond motifs is 1. The maximum Gasteiger partial charge on any atom is 0.276 e. The van der Waals surface area contributed by atoms with E-state index >= 15 is 0 Å². The fraction of sp³-hybridized carbons (Fsp3) is 0.455. The van der Waals surface area contributed by atoms with Gasteiger partial charge in [0.15, 0.2) is 5.52 Å². The Kier molecular flexibility index (Phi) is 6.43. The van der Waals surface area contributed by atoms with Crippen LogP contribution in [-0.4, -0.2) is 45.7 Å². The summed E-state index contributed by atoms with van der Waals surface area (Å²) in [5.74, 6) is 1.65. The molecule has 2 aromatic heterocycles. The van der Waals surface area contributed by atoms with Crippen molar-refractivity contribution in [3.63, 3.8) is 0 Å². The van der Waals surface area contributed by atoms with Crippen LogP contribution in [0.1, 0.15) is 38.3 Å². The van der Waals surface area contributed by atoms with Crippen LogP contribution >= 0.6 is 15.9 Å². The highest BCUT2D eigenvalue weighted by Crippen LogP contribution is 2.37. The molecular formula is C22H27BrN4O3. The first-order chi connectivity index (χ1) is 14.6. The van der Waals surface area contributed by atoms with E-state index in [1.165, 1.54) is 5.56 Å². The van der Waals surface area contributed by atoms with E-state index in [-0.39, 0.29) is 5.56 Å². The van der Waals surface area contributed by atoms with Crippen LogP contribution in [0.15, 0.2) is 40.0 Å². The van der Waals surface area contributed by atoms with E-state index in [4.69, 9.17) is 9.47 Å². The Morgan fingerprint density at radius 2 is 1.83 bits per heavy atom. The number of halogens is 1. The van der Waals surface area contributed by atoms with Gasteiger partial charge < -0.3 is 19.0 Å². The van der Waals surface area contributed by atoms with Gasteiger partial charge >= 0.3 is 0 Å². The number of nitrogens with one attached hydrogen (secondary N) is 1. The normalized spacial score (nSPS) is 15.6. The summed E-state index contributed by atoms with van der Waals surface area (Å²) in [6.45, 7) is 8.01. The van der Waals surface area contributed by atoms with Crippen molar-refractivity contribution in [2.75, 3.05) is 26.3 Å². The second-order valence-electron chi connectivity index (χ2n) is 7.47. The first-order valence-corrected chi connectivity index (χ1v) is 11.2. The number of piperidine rings is 1. The summed E-state index contributed by atoms with van der Waals surface area (Å²) >= 11 is 3.60. The minimum atomic E-state index is -0.130. The maximum absolute atomic E-state index is 11.9. The van der Waals surface area contributed by atoms with Crippen molar-refractivity contribution >= 4 is 27.0 Å². The number of H-pyrrole nitrogens is 1. The quantitative estimate of drug-likeness (QED) is 0.557. The van der Waals surface area contributed by atoms with E-state index in [0.717, 1.165) is 54.0 Å². The maximum atomic E-state index is 11.9. The number of aromatic amines is 1. The van der Waals surface area contributed by atoms with Gasteiger partial charge in [0.05, 0.1) is 25.1 Å². The molecule has 1 fully saturated rings. The van der Waals surface area contributed by atoms with Crippen LogP contribution in [0.4, 0.5) is 0 Å². The minimum absolute atomic E-state index is 0.130. The lowest BCUT2D eigenvalue weighted by molar-refractivity contribution is 0.181. The summed E-state index contributed by atoms with van der Waals surface area (Å²) in [6, 6.07) is 6.48. The standard InChI is InChI=1S/C22H27BrN4O3/c1-3-29-18-11-15(12-19(20(18)23)30-4-2)13-26-9-6-16(7-10-26)27-14-25-21-17(27)5-8-24-22(21)28/h5,8,11-12,14,16H,3-4,6-7,9-10,13H2,1-2H3,(H,24,28). The first-order valence-electron chi connectivity index (χ1n) is 10.4. The first kappa shape index (κ1) is 20.9. The average molecular weight is 475 g/mol. The Morgan fingerprint density at radius 1 is 1.17 bits per heavy atom. The molecule has 1 saturated heterocycles. The van der Waals surface area contributed by atoms with Gasteiger partial charge in [0.25, 0.3) is 5.56 Å². The zero-order chi connectivity index (χ0) is 21.1. The third-order valence-electron chi connectivity index (χ3n) is 5.52. The molecule has 3 heterocycles. The van der Waals surface area contributed by atoms with Crippen molar-refractivity contribution in [1.29, 1.82) is 0 Å². The number of imidazole rings is 1. The van der Waals surface area contributed by atoms with Gasteiger partial charge in [-0.15, -0.1) is 0 Å². The van der Waals surface area contributed by atoms with E-state index in [1.807, 2.05) is 19.9 Å². The summed E-state index contributed by atoms with van der Waals surface area (Å²) < 4.78 is 14.6. The molecule has 3 aromatic rings. The number of rotatable bonds is 7. The topological polar surface area (TPSA) is 72.4 Å². The number of hydrogen-bond acceptors (Lipinski definition) is 5. The number of likely N-dealkylation sites (tertiary alicyclic amines) is 1. The molecule has 0 unspecified atom stereocenters. The third-order valence-corrected chi connectivity index (χ3v) is 6.31. The highest BCUT2D eigenvalue weighted by atomic mass is 79.9. The van der Waals surface area contributed by atoms with Crippen LogP contribution in [0, 0.1) is 0 Å². The van der Waals surface area contributed by atoms with Crippen molar-refractivity contribution in [2.45, 2.75) is 39.3 Å². The Morgan fingerprint density at radius 3 is 2.47 bits per heavy atom. The van der Waals surface area contributed by atoms with Gasteiger partial charge in [0, 0.05) is 31.9 Å². The molecule has 1 aliphatic heterocycles. The summed E-state index contributed by atoms with van der Waals surface area (Å²) in [6.07, 6.45) is 5.53. The lowest BCUT2D eigenvalue weighted by atomic mass is 10.0. The SMILES string of the molecule is CCOc1cc(CN2CCC(n3cnc4c(=O)[nH]ccc43)CC2)cc(OCC)c1Br.